The van der Waals surface area contributed by atoms with Gasteiger partial charge in [0.25, 0.3) is 11.5 Å². The summed E-state index contributed by atoms with van der Waals surface area (Å²) in [7, 11) is 4.79. The Morgan fingerprint density at radius 2 is 1.31 bits per heavy atom. The first-order valence-corrected chi connectivity index (χ1v) is 19.3. The maximum Gasteiger partial charge on any atom is 0.330 e. The summed E-state index contributed by atoms with van der Waals surface area (Å²) in [6.07, 6.45) is -2.30. The monoisotopic (exact) mass is 787 g/mol. The standard InChI is InChI=1S/C48H41N3O8/c1-50(45(54)38-25-15-31-13-12-29-8-7-9-30-14-24-37(38)42(31)41(29)30)43-44(53)39(59-46(43)51-27-26-40(52)49-47(51)55)28-58-48(32-10-5-4-6-11-32,33-16-20-35(56-2)21-17-33)34-18-22-36(57-3)23-19-34/h4-27,39,43-44,46,53H,28H2,1-3H3,(H,49,52,55)/t39-,43+,44?,46-/m1/s1. The Morgan fingerprint density at radius 3 is 1.92 bits per heavy atom. The van der Waals surface area contributed by atoms with E-state index in [1.165, 1.54) is 21.7 Å². The van der Waals surface area contributed by atoms with Crippen LogP contribution in [0.25, 0.3) is 32.3 Å². The number of benzene rings is 7. The average Bonchev–Trinajstić information content (AvgIpc) is 3.60. The number of H-pyrrole nitrogens is 1. The van der Waals surface area contributed by atoms with Gasteiger partial charge in [-0.05, 0) is 79.3 Å². The van der Waals surface area contributed by atoms with Gasteiger partial charge >= 0.3 is 5.69 Å². The van der Waals surface area contributed by atoms with Crippen molar-refractivity contribution in [3.8, 4) is 11.5 Å². The van der Waals surface area contributed by atoms with Gasteiger partial charge in [-0.3, -0.25) is 19.1 Å². The van der Waals surface area contributed by atoms with E-state index in [0.717, 1.165) is 49.0 Å². The van der Waals surface area contributed by atoms with Crippen LogP contribution < -0.4 is 20.7 Å². The summed E-state index contributed by atoms with van der Waals surface area (Å²) in [5.74, 6) is 0.943. The molecule has 11 nitrogen and oxygen atoms in total. The van der Waals surface area contributed by atoms with E-state index in [1.807, 2.05) is 109 Å². The molecule has 1 aromatic heterocycles. The number of nitrogens with one attached hydrogen (secondary N) is 1. The Morgan fingerprint density at radius 1 is 0.729 bits per heavy atom. The zero-order valence-corrected chi connectivity index (χ0v) is 32.6. The number of amides is 1. The quantitative estimate of drug-likeness (QED) is 0.107. The largest absolute Gasteiger partial charge is 0.497 e. The Kier molecular flexibility index (Phi) is 9.72. The molecule has 1 saturated heterocycles. The molecule has 0 bridgehead atoms. The van der Waals surface area contributed by atoms with E-state index in [1.54, 1.807) is 27.3 Å². The van der Waals surface area contributed by atoms with Crippen LogP contribution in [0.4, 0.5) is 0 Å². The molecule has 1 fully saturated rings. The van der Waals surface area contributed by atoms with E-state index >= 15 is 0 Å². The number of aromatic amines is 1. The van der Waals surface area contributed by atoms with Crippen LogP contribution in [0.15, 0.2) is 155 Å². The van der Waals surface area contributed by atoms with Gasteiger partial charge < -0.3 is 29.0 Å². The van der Waals surface area contributed by atoms with E-state index in [9.17, 15) is 19.5 Å². The van der Waals surface area contributed by atoms with Crippen molar-refractivity contribution < 1.29 is 28.8 Å². The van der Waals surface area contributed by atoms with Crippen molar-refractivity contribution in [2.24, 2.45) is 0 Å². The second-order valence-corrected chi connectivity index (χ2v) is 14.8. The molecule has 11 heteroatoms. The molecule has 4 atom stereocenters. The van der Waals surface area contributed by atoms with E-state index in [2.05, 4.69) is 23.2 Å². The van der Waals surface area contributed by atoms with Crippen molar-refractivity contribution in [1.29, 1.82) is 0 Å². The molecular formula is C48H41N3O8. The lowest BCUT2D eigenvalue weighted by atomic mass is 9.80. The third kappa shape index (κ3) is 6.40. The number of nitrogens with zero attached hydrogens (tertiary/aromatic N) is 2. The van der Waals surface area contributed by atoms with Crippen LogP contribution in [0.2, 0.25) is 0 Å². The first kappa shape index (κ1) is 37.8. The maximum atomic E-state index is 14.8. The molecular weight excluding hydrogens is 747 g/mol. The fourth-order valence-electron chi connectivity index (χ4n) is 8.67. The Balaban J connectivity index is 1.12. The van der Waals surface area contributed by atoms with Gasteiger partial charge in [-0.15, -0.1) is 0 Å². The first-order chi connectivity index (χ1) is 28.7. The van der Waals surface area contributed by atoms with Crippen molar-refractivity contribution >= 4 is 38.2 Å². The van der Waals surface area contributed by atoms with Gasteiger partial charge in [-0.25, -0.2) is 4.79 Å². The molecule has 0 radical (unpaired) electrons. The van der Waals surface area contributed by atoms with Crippen LogP contribution in [0, 0.1) is 0 Å². The van der Waals surface area contributed by atoms with Gasteiger partial charge in [0.15, 0.2) is 6.23 Å². The highest BCUT2D eigenvalue weighted by atomic mass is 16.6. The molecule has 9 rings (SSSR count). The third-order valence-corrected chi connectivity index (χ3v) is 11.6. The number of ether oxygens (including phenoxy) is 4. The summed E-state index contributed by atoms with van der Waals surface area (Å²) in [6.45, 7) is -0.181. The smallest absolute Gasteiger partial charge is 0.330 e. The number of aliphatic hydroxyl groups excluding tert-OH is 1. The van der Waals surface area contributed by atoms with E-state index < -0.39 is 41.3 Å². The predicted octanol–water partition coefficient (Wildman–Crippen LogP) is 6.86. The summed E-state index contributed by atoms with van der Waals surface area (Å²) in [5.41, 5.74) is 0.191. The van der Waals surface area contributed by atoms with Crippen LogP contribution in [0.1, 0.15) is 33.3 Å². The van der Waals surface area contributed by atoms with Gasteiger partial charge in [-0.1, -0.05) is 103 Å². The number of carbonyl (C=O) groups is 1. The SMILES string of the molecule is COc1ccc(C(OC[C@H]2O[C@@H](n3ccc(=O)[nH]c3=O)[C@@H](N(C)C(=O)c3ccc4ccc5cccc6ccc3c4c56)C2O)(c2ccccc2)c2ccc(OC)cc2)cc1. The van der Waals surface area contributed by atoms with Crippen LogP contribution in [0.3, 0.4) is 0 Å². The number of hydrogen-bond acceptors (Lipinski definition) is 8. The molecule has 0 aliphatic carbocycles. The molecule has 1 amide bonds. The highest BCUT2D eigenvalue weighted by Crippen LogP contribution is 2.44. The zero-order chi connectivity index (χ0) is 40.8. The van der Waals surface area contributed by atoms with Crippen molar-refractivity contribution in [3.05, 3.63) is 189 Å². The number of methoxy groups -OCH3 is 2. The van der Waals surface area contributed by atoms with Crippen LogP contribution in [-0.4, -0.2) is 71.6 Å². The number of rotatable bonds is 11. The van der Waals surface area contributed by atoms with Crippen molar-refractivity contribution in [3.63, 3.8) is 0 Å². The van der Waals surface area contributed by atoms with Crippen molar-refractivity contribution in [2.75, 3.05) is 27.9 Å². The van der Waals surface area contributed by atoms with Crippen LogP contribution in [0.5, 0.6) is 11.5 Å². The van der Waals surface area contributed by atoms with Gasteiger partial charge in [0, 0.05) is 24.9 Å². The lowest BCUT2D eigenvalue weighted by Gasteiger charge is -2.37. The average molecular weight is 788 g/mol. The minimum absolute atomic E-state index is 0.181. The number of aromatic nitrogens is 2. The van der Waals surface area contributed by atoms with Gasteiger partial charge in [0.1, 0.15) is 35.3 Å². The highest BCUT2D eigenvalue weighted by Gasteiger charge is 2.50. The maximum absolute atomic E-state index is 14.8. The van der Waals surface area contributed by atoms with Crippen LogP contribution in [-0.2, 0) is 15.1 Å². The fourth-order valence-corrected chi connectivity index (χ4v) is 8.67. The van der Waals surface area contributed by atoms with Gasteiger partial charge in [0.05, 0.1) is 20.8 Å². The predicted molar refractivity (Wildman–Crippen MR) is 226 cm³/mol. The summed E-state index contributed by atoms with van der Waals surface area (Å²) in [5, 5.41) is 18.3. The second-order valence-electron chi connectivity index (χ2n) is 14.8. The second kappa shape index (κ2) is 15.2. The molecule has 1 aliphatic heterocycles. The molecule has 0 spiro atoms. The minimum Gasteiger partial charge on any atom is -0.497 e. The molecule has 7 aromatic carbocycles. The molecule has 1 aliphatic rings. The van der Waals surface area contributed by atoms with Gasteiger partial charge in [0.2, 0.25) is 0 Å². The summed E-state index contributed by atoms with van der Waals surface area (Å²) < 4.78 is 25.9. The molecule has 59 heavy (non-hydrogen) atoms. The lowest BCUT2D eigenvalue weighted by molar-refractivity contribution is -0.0949. The Hall–Kier alpha value is -6.79. The van der Waals surface area contributed by atoms with E-state index in [0.29, 0.717) is 17.1 Å². The van der Waals surface area contributed by atoms with E-state index in [-0.39, 0.29) is 12.5 Å². The minimum atomic E-state index is -1.35. The molecule has 8 aromatic rings. The summed E-state index contributed by atoms with van der Waals surface area (Å²) in [6, 6.07) is 42.9. The number of carbonyl (C=O) groups excluding carboxylic acids is 1. The Labute approximate surface area is 338 Å². The lowest BCUT2D eigenvalue weighted by Crippen LogP contribution is -2.49. The highest BCUT2D eigenvalue weighted by molar-refractivity contribution is 6.26. The molecule has 0 saturated carbocycles. The first-order valence-electron chi connectivity index (χ1n) is 19.3. The fraction of sp³-hybridized carbons (Fsp3) is 0.188. The number of aliphatic hydroxyl groups is 1. The molecule has 296 valence electrons. The normalized spacial score (nSPS) is 18.1. The van der Waals surface area contributed by atoms with E-state index in [4.69, 9.17) is 18.9 Å². The van der Waals surface area contributed by atoms with Gasteiger partial charge in [-0.2, -0.15) is 0 Å². The zero-order valence-electron chi connectivity index (χ0n) is 32.6. The van der Waals surface area contributed by atoms with Crippen molar-refractivity contribution in [1.82, 2.24) is 14.5 Å². The Bertz CT molecular complexity index is 2850. The molecule has 1 unspecified atom stereocenters. The number of likely N-dealkylation sites (N-methyl/N-ethyl adjacent to an activating group) is 1. The molecule has 2 heterocycles. The summed E-state index contributed by atoms with van der Waals surface area (Å²) in [4.78, 5) is 44.1. The summed E-state index contributed by atoms with van der Waals surface area (Å²) >= 11 is 0. The number of hydrogen-bond donors (Lipinski definition) is 2. The van der Waals surface area contributed by atoms with Crippen molar-refractivity contribution in [2.45, 2.75) is 30.1 Å². The third-order valence-electron chi connectivity index (χ3n) is 11.6. The topological polar surface area (TPSA) is 132 Å². The molecule has 2 N–H and O–H groups in total. The van der Waals surface area contributed by atoms with Crippen LogP contribution >= 0.6 is 0 Å².